The molecule has 0 aliphatic carbocycles. The predicted molar refractivity (Wildman–Crippen MR) is 79.1 cm³/mol. The zero-order valence-electron chi connectivity index (χ0n) is 11.1. The van der Waals surface area contributed by atoms with Crippen LogP contribution in [0.3, 0.4) is 0 Å². The summed E-state index contributed by atoms with van der Waals surface area (Å²) in [4.78, 5) is 4.04. The van der Waals surface area contributed by atoms with Gasteiger partial charge in [-0.1, -0.05) is 30.3 Å². The third kappa shape index (κ3) is 2.46. The lowest BCUT2D eigenvalue weighted by Crippen LogP contribution is -2.20. The minimum Gasteiger partial charge on any atom is -0.328 e. The zero-order valence-corrected chi connectivity index (χ0v) is 11.1. The summed E-state index contributed by atoms with van der Waals surface area (Å²) in [5.74, 6) is 0. The Morgan fingerprint density at radius 1 is 1.00 bits per heavy atom. The first kappa shape index (κ1) is 12.6. The highest BCUT2D eigenvalue weighted by molar-refractivity contribution is 5.61. The molecule has 0 aliphatic heterocycles. The van der Waals surface area contributed by atoms with E-state index in [0.29, 0.717) is 6.54 Å². The molecule has 3 aromatic rings. The van der Waals surface area contributed by atoms with Gasteiger partial charge in [0.15, 0.2) is 0 Å². The molecule has 2 heterocycles. The number of hydrogen-bond donors (Lipinski definition) is 1. The van der Waals surface area contributed by atoms with Crippen LogP contribution in [0.25, 0.3) is 11.1 Å². The van der Waals surface area contributed by atoms with E-state index in [0.717, 1.165) is 16.7 Å². The highest BCUT2D eigenvalue weighted by Crippen LogP contribution is 2.22. The standard InChI is InChI=1S/C16H16N4/c17-10-16(14-6-8-18-9-7-14)20-12-15(11-19-20)13-4-2-1-3-5-13/h1-9,11-12,16H,10,17H2. The molecule has 0 saturated carbocycles. The molecule has 0 saturated heterocycles. The summed E-state index contributed by atoms with van der Waals surface area (Å²) in [6.07, 6.45) is 7.46. The molecule has 4 nitrogen and oxygen atoms in total. The Morgan fingerprint density at radius 2 is 1.75 bits per heavy atom. The maximum atomic E-state index is 5.90. The number of hydrogen-bond acceptors (Lipinski definition) is 3. The second-order valence-electron chi connectivity index (χ2n) is 4.61. The van der Waals surface area contributed by atoms with Crippen LogP contribution in [-0.4, -0.2) is 21.3 Å². The molecule has 1 aromatic carbocycles. The van der Waals surface area contributed by atoms with Gasteiger partial charge in [0.1, 0.15) is 0 Å². The minimum atomic E-state index is 0.0375. The minimum absolute atomic E-state index is 0.0375. The SMILES string of the molecule is NCC(c1ccncc1)n1cc(-c2ccccc2)cn1. The number of pyridine rings is 1. The van der Waals surface area contributed by atoms with Crippen LogP contribution < -0.4 is 5.73 Å². The molecule has 1 unspecified atom stereocenters. The molecular formula is C16H16N4. The lowest BCUT2D eigenvalue weighted by Gasteiger charge is -2.15. The smallest absolute Gasteiger partial charge is 0.0891 e. The summed E-state index contributed by atoms with van der Waals surface area (Å²) in [6.45, 7) is 0.500. The van der Waals surface area contributed by atoms with Crippen LogP contribution >= 0.6 is 0 Å². The largest absolute Gasteiger partial charge is 0.328 e. The highest BCUT2D eigenvalue weighted by atomic mass is 15.3. The molecule has 20 heavy (non-hydrogen) atoms. The van der Waals surface area contributed by atoms with Crippen molar-refractivity contribution in [1.29, 1.82) is 0 Å². The maximum Gasteiger partial charge on any atom is 0.0891 e. The Morgan fingerprint density at radius 3 is 2.45 bits per heavy atom. The molecule has 2 aromatic heterocycles. The van der Waals surface area contributed by atoms with Crippen LogP contribution in [0.5, 0.6) is 0 Å². The molecule has 2 N–H and O–H groups in total. The summed E-state index contributed by atoms with van der Waals surface area (Å²) in [6, 6.07) is 14.2. The number of nitrogens with two attached hydrogens (primary N) is 1. The molecule has 0 aliphatic rings. The van der Waals surface area contributed by atoms with E-state index in [2.05, 4.69) is 22.2 Å². The lowest BCUT2D eigenvalue weighted by molar-refractivity contribution is 0.531. The van der Waals surface area contributed by atoms with Crippen molar-refractivity contribution < 1.29 is 0 Å². The van der Waals surface area contributed by atoms with Gasteiger partial charge in [0, 0.05) is 30.7 Å². The topological polar surface area (TPSA) is 56.7 Å². The van der Waals surface area contributed by atoms with E-state index in [1.807, 2.05) is 47.4 Å². The van der Waals surface area contributed by atoms with Crippen LogP contribution in [0.2, 0.25) is 0 Å². The Balaban J connectivity index is 1.93. The molecule has 0 amide bonds. The Hall–Kier alpha value is -2.46. The number of benzene rings is 1. The number of rotatable bonds is 4. The van der Waals surface area contributed by atoms with Gasteiger partial charge in [-0.2, -0.15) is 5.10 Å². The van der Waals surface area contributed by atoms with Gasteiger partial charge in [-0.15, -0.1) is 0 Å². The van der Waals surface area contributed by atoms with Crippen molar-refractivity contribution in [2.24, 2.45) is 5.73 Å². The van der Waals surface area contributed by atoms with Crippen LogP contribution in [0, 0.1) is 0 Å². The van der Waals surface area contributed by atoms with Crippen LogP contribution in [0.1, 0.15) is 11.6 Å². The average Bonchev–Trinajstić information content (AvgIpc) is 3.00. The third-order valence-corrected chi connectivity index (χ3v) is 3.34. The normalized spacial score (nSPS) is 12.2. The van der Waals surface area contributed by atoms with Gasteiger partial charge in [-0.3, -0.25) is 9.67 Å². The van der Waals surface area contributed by atoms with E-state index in [1.165, 1.54) is 0 Å². The van der Waals surface area contributed by atoms with Gasteiger partial charge in [-0.05, 0) is 23.3 Å². The van der Waals surface area contributed by atoms with E-state index in [-0.39, 0.29) is 6.04 Å². The van der Waals surface area contributed by atoms with Gasteiger partial charge in [0.05, 0.1) is 12.2 Å². The average molecular weight is 264 g/mol. The van der Waals surface area contributed by atoms with E-state index in [4.69, 9.17) is 5.73 Å². The number of nitrogens with zero attached hydrogens (tertiary/aromatic N) is 3. The third-order valence-electron chi connectivity index (χ3n) is 3.34. The fourth-order valence-electron chi connectivity index (χ4n) is 2.27. The Kier molecular flexibility index (Phi) is 3.56. The molecule has 1 atom stereocenters. The van der Waals surface area contributed by atoms with Gasteiger partial charge < -0.3 is 5.73 Å². The van der Waals surface area contributed by atoms with Gasteiger partial charge in [0.25, 0.3) is 0 Å². The van der Waals surface area contributed by atoms with Crippen molar-refractivity contribution >= 4 is 0 Å². The molecule has 0 bridgehead atoms. The number of aromatic nitrogens is 3. The fraction of sp³-hybridized carbons (Fsp3) is 0.125. The quantitative estimate of drug-likeness (QED) is 0.787. The summed E-state index contributed by atoms with van der Waals surface area (Å²) in [7, 11) is 0. The molecule has 0 radical (unpaired) electrons. The summed E-state index contributed by atoms with van der Waals surface area (Å²) in [5, 5.41) is 4.46. The first-order valence-corrected chi connectivity index (χ1v) is 6.58. The monoisotopic (exact) mass is 264 g/mol. The molecule has 0 spiro atoms. The fourth-order valence-corrected chi connectivity index (χ4v) is 2.27. The van der Waals surface area contributed by atoms with E-state index in [9.17, 15) is 0 Å². The van der Waals surface area contributed by atoms with Crippen molar-refractivity contribution in [2.45, 2.75) is 6.04 Å². The van der Waals surface area contributed by atoms with Crippen molar-refractivity contribution in [1.82, 2.24) is 14.8 Å². The van der Waals surface area contributed by atoms with Crippen molar-refractivity contribution in [3.63, 3.8) is 0 Å². The van der Waals surface area contributed by atoms with Crippen molar-refractivity contribution in [3.05, 3.63) is 72.8 Å². The second kappa shape index (κ2) is 5.67. The molecule has 4 heteroatoms. The molecule has 3 rings (SSSR count). The maximum absolute atomic E-state index is 5.90. The first-order chi connectivity index (χ1) is 9.88. The summed E-state index contributed by atoms with van der Waals surface area (Å²) in [5.41, 5.74) is 9.27. The van der Waals surface area contributed by atoms with Crippen LogP contribution in [-0.2, 0) is 0 Å². The first-order valence-electron chi connectivity index (χ1n) is 6.58. The van der Waals surface area contributed by atoms with Crippen LogP contribution in [0.15, 0.2) is 67.3 Å². The Labute approximate surface area is 117 Å². The van der Waals surface area contributed by atoms with Crippen LogP contribution in [0.4, 0.5) is 0 Å². The van der Waals surface area contributed by atoms with Gasteiger partial charge >= 0.3 is 0 Å². The molecular weight excluding hydrogens is 248 g/mol. The van der Waals surface area contributed by atoms with Gasteiger partial charge in [-0.25, -0.2) is 0 Å². The lowest BCUT2D eigenvalue weighted by atomic mass is 10.1. The molecule has 0 fully saturated rings. The summed E-state index contributed by atoms with van der Waals surface area (Å²) < 4.78 is 1.91. The van der Waals surface area contributed by atoms with E-state index >= 15 is 0 Å². The predicted octanol–water partition coefficient (Wildman–Crippen LogP) is 2.49. The molecule has 100 valence electrons. The van der Waals surface area contributed by atoms with Crippen molar-refractivity contribution in [2.75, 3.05) is 6.54 Å². The van der Waals surface area contributed by atoms with E-state index < -0.39 is 0 Å². The van der Waals surface area contributed by atoms with Crippen molar-refractivity contribution in [3.8, 4) is 11.1 Å². The summed E-state index contributed by atoms with van der Waals surface area (Å²) >= 11 is 0. The van der Waals surface area contributed by atoms with Gasteiger partial charge in [0.2, 0.25) is 0 Å². The second-order valence-corrected chi connectivity index (χ2v) is 4.61. The highest BCUT2D eigenvalue weighted by Gasteiger charge is 2.13. The van der Waals surface area contributed by atoms with E-state index in [1.54, 1.807) is 12.4 Å². The Bertz CT molecular complexity index is 661. The zero-order chi connectivity index (χ0) is 13.8.